The number of amides is 2. The molecule has 10 nitrogen and oxygen atoms in total. The van der Waals surface area contributed by atoms with Crippen LogP contribution in [0.4, 0.5) is 5.69 Å². The van der Waals surface area contributed by atoms with Gasteiger partial charge in [-0.15, -0.1) is 0 Å². The van der Waals surface area contributed by atoms with E-state index in [9.17, 15) is 9.59 Å². The van der Waals surface area contributed by atoms with Gasteiger partial charge in [-0.05, 0) is 36.4 Å². The van der Waals surface area contributed by atoms with E-state index < -0.39 is 5.91 Å². The van der Waals surface area contributed by atoms with Crippen LogP contribution < -0.4 is 14.8 Å². The van der Waals surface area contributed by atoms with Crippen LogP contribution in [0.25, 0.3) is 11.4 Å². The maximum atomic E-state index is 12.5. The number of nitrogens with zero attached hydrogens (tertiary/aromatic N) is 4. The maximum absolute atomic E-state index is 12.5. The molecule has 2 aromatic carbocycles. The summed E-state index contributed by atoms with van der Waals surface area (Å²) >= 11 is 12.0. The van der Waals surface area contributed by atoms with Gasteiger partial charge in [-0.1, -0.05) is 28.4 Å². The van der Waals surface area contributed by atoms with Crippen molar-refractivity contribution < 1.29 is 23.6 Å². The highest BCUT2D eigenvalue weighted by atomic mass is 35.5. The highest BCUT2D eigenvalue weighted by molar-refractivity contribution is 6.35. The summed E-state index contributed by atoms with van der Waals surface area (Å²) in [6, 6.07) is 9.98. The number of hydrogen-bond acceptors (Lipinski definition) is 8. The third kappa shape index (κ3) is 4.48. The van der Waals surface area contributed by atoms with Crippen molar-refractivity contribution in [1.29, 1.82) is 0 Å². The number of rotatable bonds is 5. The number of fused-ring (bicyclic) bond motifs is 1. The Balaban J connectivity index is 1.32. The van der Waals surface area contributed by atoms with Crippen LogP contribution in [-0.2, 0) is 9.59 Å². The van der Waals surface area contributed by atoms with Crippen molar-refractivity contribution in [1.82, 2.24) is 15.1 Å². The molecule has 0 aliphatic carbocycles. The number of aromatic nitrogens is 2. The molecule has 0 saturated heterocycles. The van der Waals surface area contributed by atoms with Gasteiger partial charge in [-0.3, -0.25) is 9.59 Å². The van der Waals surface area contributed by atoms with Crippen molar-refractivity contribution in [3.63, 3.8) is 0 Å². The van der Waals surface area contributed by atoms with Gasteiger partial charge in [0.2, 0.25) is 24.4 Å². The minimum Gasteiger partial charge on any atom is -0.454 e. The summed E-state index contributed by atoms with van der Waals surface area (Å²) in [6.07, 6.45) is 0.450. The van der Waals surface area contributed by atoms with E-state index in [1.165, 1.54) is 6.07 Å². The van der Waals surface area contributed by atoms with Crippen LogP contribution >= 0.6 is 23.2 Å². The Labute approximate surface area is 197 Å². The van der Waals surface area contributed by atoms with Crippen molar-refractivity contribution in [2.75, 3.05) is 18.7 Å². The van der Waals surface area contributed by atoms with E-state index in [0.29, 0.717) is 50.8 Å². The molecule has 0 unspecified atom stereocenters. The average Bonchev–Trinajstić information content (AvgIpc) is 3.47. The van der Waals surface area contributed by atoms with Gasteiger partial charge >= 0.3 is 0 Å². The van der Waals surface area contributed by atoms with Gasteiger partial charge in [0.1, 0.15) is 12.3 Å². The first-order chi connectivity index (χ1) is 16.0. The molecule has 1 aromatic heterocycles. The Morgan fingerprint density at radius 1 is 1.09 bits per heavy atom. The van der Waals surface area contributed by atoms with Crippen LogP contribution in [0.5, 0.6) is 11.5 Å². The number of nitrogens with one attached hydrogen (secondary N) is 1. The molecule has 0 bridgehead atoms. The molecule has 33 heavy (non-hydrogen) atoms. The van der Waals surface area contributed by atoms with E-state index in [1.54, 1.807) is 30.3 Å². The van der Waals surface area contributed by atoms with Crippen molar-refractivity contribution in [3.8, 4) is 22.9 Å². The number of benzene rings is 2. The second kappa shape index (κ2) is 8.72. The standard InChI is InChI=1S/C21H15Cl2N5O5/c22-12-2-3-13(23)15(8-12)24-18(29)9-28-19(30)6-4-14(26-28)21-25-20(27-33-21)11-1-5-16-17(7-11)32-10-31-16/h1-3,5,7-8H,4,6,9-10H2,(H,24,29). The van der Waals surface area contributed by atoms with Gasteiger partial charge in [0.05, 0.1) is 10.7 Å². The van der Waals surface area contributed by atoms with E-state index in [1.807, 2.05) is 0 Å². The number of hydrogen-bond donors (Lipinski definition) is 1. The van der Waals surface area contributed by atoms with Gasteiger partial charge in [0, 0.05) is 23.4 Å². The van der Waals surface area contributed by atoms with E-state index in [-0.39, 0.29) is 31.6 Å². The largest absolute Gasteiger partial charge is 0.454 e. The lowest BCUT2D eigenvalue weighted by Gasteiger charge is -2.21. The summed E-state index contributed by atoms with van der Waals surface area (Å²) in [6.45, 7) is -0.150. The normalized spacial score (nSPS) is 14.9. The van der Waals surface area contributed by atoms with Gasteiger partial charge in [-0.2, -0.15) is 10.1 Å². The van der Waals surface area contributed by atoms with Crippen molar-refractivity contribution >= 4 is 46.4 Å². The zero-order valence-electron chi connectivity index (χ0n) is 16.9. The van der Waals surface area contributed by atoms with Crippen LogP contribution in [0.3, 0.4) is 0 Å². The van der Waals surface area contributed by atoms with E-state index in [4.69, 9.17) is 37.2 Å². The third-order valence-corrected chi connectivity index (χ3v) is 5.47. The molecule has 12 heteroatoms. The van der Waals surface area contributed by atoms with Crippen molar-refractivity contribution in [2.24, 2.45) is 5.10 Å². The topological polar surface area (TPSA) is 119 Å². The smallest absolute Gasteiger partial charge is 0.274 e. The zero-order valence-corrected chi connectivity index (χ0v) is 18.4. The Bertz CT molecular complexity index is 1290. The van der Waals surface area contributed by atoms with Gasteiger partial charge in [0.25, 0.3) is 5.89 Å². The number of ether oxygens (including phenoxy) is 2. The Hall–Kier alpha value is -3.63. The fraction of sp³-hybridized carbons (Fsp3) is 0.190. The first-order valence-electron chi connectivity index (χ1n) is 9.83. The lowest BCUT2D eigenvalue weighted by atomic mass is 10.1. The quantitative estimate of drug-likeness (QED) is 0.581. The number of carbonyl (C=O) groups excluding carboxylic acids is 2. The third-order valence-electron chi connectivity index (χ3n) is 4.90. The summed E-state index contributed by atoms with van der Waals surface area (Å²) < 4.78 is 16.0. The molecule has 3 aromatic rings. The monoisotopic (exact) mass is 487 g/mol. The summed E-state index contributed by atoms with van der Waals surface area (Å²) in [5.41, 5.74) is 1.42. The minimum absolute atomic E-state index is 0.145. The van der Waals surface area contributed by atoms with Gasteiger partial charge in [-0.25, -0.2) is 5.01 Å². The van der Waals surface area contributed by atoms with E-state index >= 15 is 0 Å². The molecular formula is C21H15Cl2N5O5. The lowest BCUT2D eigenvalue weighted by Crippen LogP contribution is -2.38. The number of carbonyl (C=O) groups is 2. The molecule has 2 amide bonds. The van der Waals surface area contributed by atoms with Gasteiger partial charge < -0.3 is 19.3 Å². The molecule has 2 aliphatic heterocycles. The van der Waals surface area contributed by atoms with Crippen LogP contribution in [0.2, 0.25) is 10.0 Å². The number of hydrazone groups is 1. The maximum Gasteiger partial charge on any atom is 0.274 e. The molecule has 2 aliphatic rings. The predicted molar refractivity (Wildman–Crippen MR) is 118 cm³/mol. The summed E-state index contributed by atoms with van der Waals surface area (Å²) in [5.74, 6) is 0.953. The number of anilines is 1. The highest BCUT2D eigenvalue weighted by Gasteiger charge is 2.27. The molecule has 5 rings (SSSR count). The first-order valence-corrected chi connectivity index (χ1v) is 10.6. The van der Waals surface area contributed by atoms with Crippen molar-refractivity contribution in [3.05, 3.63) is 52.3 Å². The first kappa shape index (κ1) is 21.2. The van der Waals surface area contributed by atoms with Crippen LogP contribution in [0.15, 0.2) is 46.0 Å². The highest BCUT2D eigenvalue weighted by Crippen LogP contribution is 2.35. The number of halogens is 2. The molecular weight excluding hydrogens is 473 g/mol. The van der Waals surface area contributed by atoms with Crippen LogP contribution in [0.1, 0.15) is 18.7 Å². The summed E-state index contributed by atoms with van der Waals surface area (Å²) in [4.78, 5) is 29.2. The van der Waals surface area contributed by atoms with E-state index in [2.05, 4.69) is 20.6 Å². The molecule has 3 heterocycles. The summed E-state index contributed by atoms with van der Waals surface area (Å²) in [5, 5.41) is 12.7. The molecule has 0 saturated carbocycles. The molecule has 0 fully saturated rings. The second-order valence-electron chi connectivity index (χ2n) is 7.16. The Morgan fingerprint density at radius 2 is 1.94 bits per heavy atom. The molecule has 1 N–H and O–H groups in total. The summed E-state index contributed by atoms with van der Waals surface area (Å²) in [7, 11) is 0. The molecule has 0 radical (unpaired) electrons. The predicted octanol–water partition coefficient (Wildman–Crippen LogP) is 3.74. The minimum atomic E-state index is -0.482. The average molecular weight is 488 g/mol. The van der Waals surface area contributed by atoms with Crippen LogP contribution in [-0.4, -0.2) is 46.0 Å². The van der Waals surface area contributed by atoms with Crippen molar-refractivity contribution in [2.45, 2.75) is 12.8 Å². The zero-order chi connectivity index (χ0) is 22.9. The fourth-order valence-electron chi connectivity index (χ4n) is 3.29. The van der Waals surface area contributed by atoms with Gasteiger partial charge in [0.15, 0.2) is 11.5 Å². The lowest BCUT2D eigenvalue weighted by molar-refractivity contribution is -0.135. The molecule has 168 valence electrons. The molecule has 0 spiro atoms. The van der Waals surface area contributed by atoms with Crippen LogP contribution in [0, 0.1) is 0 Å². The Kier molecular flexibility index (Phi) is 5.61. The van der Waals surface area contributed by atoms with E-state index in [0.717, 1.165) is 5.01 Å². The fourth-order valence-corrected chi connectivity index (χ4v) is 3.63. The Morgan fingerprint density at radius 3 is 2.82 bits per heavy atom. The molecule has 0 atom stereocenters. The SMILES string of the molecule is O=C(CN1N=C(c2nc(-c3ccc4c(c3)OCO4)no2)CCC1=O)Nc1cc(Cl)ccc1Cl. The second-order valence-corrected chi connectivity index (χ2v) is 8.01.